The molecule has 2 aliphatic rings. The SMILES string of the molecule is COc1cc(-c2ccc3c(c2)C=CCN3c2ccc(N3CCC(N(C)C)C3)cc2)ccc1Cl. The number of fused-ring (bicyclic) bond motifs is 1. The first-order chi connectivity index (χ1) is 16.0. The summed E-state index contributed by atoms with van der Waals surface area (Å²) < 4.78 is 5.40. The van der Waals surface area contributed by atoms with Gasteiger partial charge in [-0.05, 0) is 85.7 Å². The molecule has 4 nitrogen and oxygen atoms in total. The van der Waals surface area contributed by atoms with Gasteiger partial charge in [-0.25, -0.2) is 0 Å². The summed E-state index contributed by atoms with van der Waals surface area (Å²) in [5, 5.41) is 0.625. The first-order valence-electron chi connectivity index (χ1n) is 11.5. The lowest BCUT2D eigenvalue weighted by atomic mass is 9.99. The summed E-state index contributed by atoms with van der Waals surface area (Å²) in [6.45, 7) is 3.09. The number of halogens is 1. The monoisotopic (exact) mass is 459 g/mol. The number of anilines is 3. The molecule has 1 fully saturated rings. The lowest BCUT2D eigenvalue weighted by Crippen LogP contribution is -2.31. The van der Waals surface area contributed by atoms with Crippen molar-refractivity contribution in [3.8, 4) is 16.9 Å². The van der Waals surface area contributed by atoms with Crippen LogP contribution in [0.1, 0.15) is 12.0 Å². The van der Waals surface area contributed by atoms with Gasteiger partial charge in [0.25, 0.3) is 0 Å². The van der Waals surface area contributed by atoms with Gasteiger partial charge in [0.15, 0.2) is 0 Å². The molecule has 1 saturated heterocycles. The number of hydrogen-bond donors (Lipinski definition) is 0. The predicted molar refractivity (Wildman–Crippen MR) is 140 cm³/mol. The fourth-order valence-corrected chi connectivity index (χ4v) is 5.02. The van der Waals surface area contributed by atoms with Crippen molar-refractivity contribution in [3.05, 3.63) is 77.3 Å². The van der Waals surface area contributed by atoms with E-state index in [-0.39, 0.29) is 0 Å². The molecule has 0 saturated carbocycles. The minimum absolute atomic E-state index is 0.625. The molecule has 0 aromatic heterocycles. The summed E-state index contributed by atoms with van der Waals surface area (Å²) in [6.07, 6.45) is 5.66. The molecule has 3 aromatic rings. The zero-order valence-electron chi connectivity index (χ0n) is 19.5. The lowest BCUT2D eigenvalue weighted by Gasteiger charge is -2.29. The number of nitrogens with zero attached hydrogens (tertiary/aromatic N) is 3. The van der Waals surface area contributed by atoms with Crippen LogP contribution in [0.5, 0.6) is 5.75 Å². The Morgan fingerprint density at radius 3 is 2.39 bits per heavy atom. The Hall–Kier alpha value is -2.95. The highest BCUT2D eigenvalue weighted by atomic mass is 35.5. The number of benzene rings is 3. The van der Waals surface area contributed by atoms with Crippen molar-refractivity contribution >= 4 is 34.7 Å². The van der Waals surface area contributed by atoms with Gasteiger partial charge >= 0.3 is 0 Å². The molecule has 170 valence electrons. The summed E-state index contributed by atoms with van der Waals surface area (Å²) >= 11 is 6.21. The molecule has 1 unspecified atom stereocenters. The van der Waals surface area contributed by atoms with E-state index in [2.05, 4.69) is 83.4 Å². The minimum atomic E-state index is 0.625. The van der Waals surface area contributed by atoms with Crippen LogP contribution in [-0.2, 0) is 0 Å². The summed E-state index contributed by atoms with van der Waals surface area (Å²) in [5.74, 6) is 0.694. The molecular formula is C28H30ClN3O. The maximum Gasteiger partial charge on any atom is 0.138 e. The van der Waals surface area contributed by atoms with Gasteiger partial charge < -0.3 is 19.4 Å². The van der Waals surface area contributed by atoms with E-state index < -0.39 is 0 Å². The average molecular weight is 460 g/mol. The minimum Gasteiger partial charge on any atom is -0.495 e. The quantitative estimate of drug-likeness (QED) is 0.444. The molecule has 0 amide bonds. The molecule has 2 heterocycles. The van der Waals surface area contributed by atoms with Crippen LogP contribution < -0.4 is 14.5 Å². The van der Waals surface area contributed by atoms with Crippen LogP contribution in [0.3, 0.4) is 0 Å². The van der Waals surface area contributed by atoms with Crippen molar-refractivity contribution in [2.75, 3.05) is 50.6 Å². The zero-order valence-corrected chi connectivity index (χ0v) is 20.2. The Morgan fingerprint density at radius 2 is 1.67 bits per heavy atom. The van der Waals surface area contributed by atoms with Crippen LogP contribution in [-0.4, -0.2) is 51.8 Å². The van der Waals surface area contributed by atoms with E-state index in [1.165, 1.54) is 29.0 Å². The zero-order chi connectivity index (χ0) is 22.9. The van der Waals surface area contributed by atoms with Gasteiger partial charge in [-0.2, -0.15) is 0 Å². The van der Waals surface area contributed by atoms with E-state index in [4.69, 9.17) is 16.3 Å². The third-order valence-electron chi connectivity index (χ3n) is 6.81. The highest BCUT2D eigenvalue weighted by Gasteiger charge is 2.24. The van der Waals surface area contributed by atoms with E-state index in [9.17, 15) is 0 Å². The largest absolute Gasteiger partial charge is 0.495 e. The summed E-state index contributed by atoms with van der Waals surface area (Å²) in [6, 6.07) is 22.2. The third-order valence-corrected chi connectivity index (χ3v) is 7.12. The van der Waals surface area contributed by atoms with Crippen molar-refractivity contribution in [2.45, 2.75) is 12.5 Å². The van der Waals surface area contributed by atoms with Crippen LogP contribution in [0.2, 0.25) is 5.02 Å². The van der Waals surface area contributed by atoms with Crippen molar-refractivity contribution in [1.29, 1.82) is 0 Å². The second-order valence-corrected chi connectivity index (χ2v) is 9.41. The first kappa shape index (κ1) is 21.9. The Labute approximate surface area is 201 Å². The topological polar surface area (TPSA) is 19.0 Å². The standard InChI is InChI=1S/C28H30ClN3O/c1-30(2)25-14-16-31(19-25)23-8-10-24(11-9-23)32-15-4-5-22-17-20(7-13-27(22)32)21-6-12-26(29)28(18-21)33-3/h4-13,17-18,25H,14-16,19H2,1-3H3. The molecule has 2 aliphatic heterocycles. The Morgan fingerprint density at radius 1 is 0.939 bits per heavy atom. The normalized spacial score (nSPS) is 17.5. The third kappa shape index (κ3) is 4.33. The van der Waals surface area contributed by atoms with Gasteiger partial charge in [0.2, 0.25) is 0 Å². The molecule has 5 heteroatoms. The lowest BCUT2D eigenvalue weighted by molar-refractivity contribution is 0.315. The van der Waals surface area contributed by atoms with Crippen molar-refractivity contribution in [1.82, 2.24) is 4.90 Å². The van der Waals surface area contributed by atoms with Crippen molar-refractivity contribution in [2.24, 2.45) is 0 Å². The van der Waals surface area contributed by atoms with E-state index in [0.29, 0.717) is 16.8 Å². The van der Waals surface area contributed by atoms with Crippen LogP contribution >= 0.6 is 11.6 Å². The van der Waals surface area contributed by atoms with E-state index in [1.54, 1.807) is 7.11 Å². The van der Waals surface area contributed by atoms with Crippen LogP contribution in [0.4, 0.5) is 17.1 Å². The smallest absolute Gasteiger partial charge is 0.138 e. The molecule has 33 heavy (non-hydrogen) atoms. The van der Waals surface area contributed by atoms with E-state index in [0.717, 1.165) is 30.8 Å². The van der Waals surface area contributed by atoms with E-state index in [1.807, 2.05) is 18.2 Å². The van der Waals surface area contributed by atoms with Gasteiger partial charge in [-0.15, -0.1) is 0 Å². The number of ether oxygens (including phenoxy) is 1. The van der Waals surface area contributed by atoms with Gasteiger partial charge in [0.1, 0.15) is 5.75 Å². The number of rotatable bonds is 5. The second-order valence-electron chi connectivity index (χ2n) is 9.00. The van der Waals surface area contributed by atoms with Gasteiger partial charge in [-0.1, -0.05) is 35.9 Å². The molecule has 5 rings (SSSR count). The van der Waals surface area contributed by atoms with E-state index >= 15 is 0 Å². The number of hydrogen-bond acceptors (Lipinski definition) is 4. The maximum atomic E-state index is 6.21. The molecule has 0 radical (unpaired) electrons. The van der Waals surface area contributed by atoms with Gasteiger partial charge in [-0.3, -0.25) is 0 Å². The highest BCUT2D eigenvalue weighted by Crippen LogP contribution is 2.37. The van der Waals surface area contributed by atoms with Gasteiger partial charge in [0.05, 0.1) is 12.1 Å². The predicted octanol–water partition coefficient (Wildman–Crippen LogP) is 6.32. The Balaban J connectivity index is 1.38. The Bertz CT molecular complexity index is 1170. The summed E-state index contributed by atoms with van der Waals surface area (Å²) in [4.78, 5) is 7.20. The Kier molecular flexibility index (Phi) is 6.05. The molecule has 1 atom stereocenters. The summed E-state index contributed by atoms with van der Waals surface area (Å²) in [7, 11) is 5.99. The number of methoxy groups -OCH3 is 1. The molecule has 3 aromatic carbocycles. The molecule has 0 aliphatic carbocycles. The van der Waals surface area contributed by atoms with Gasteiger partial charge in [0, 0.05) is 42.7 Å². The average Bonchev–Trinajstić information content (AvgIpc) is 3.35. The molecule has 0 bridgehead atoms. The van der Waals surface area contributed by atoms with Crippen molar-refractivity contribution in [3.63, 3.8) is 0 Å². The maximum absolute atomic E-state index is 6.21. The molecule has 0 spiro atoms. The van der Waals surface area contributed by atoms with Crippen LogP contribution in [0.15, 0.2) is 66.7 Å². The second kappa shape index (κ2) is 9.12. The van der Waals surface area contributed by atoms with Crippen molar-refractivity contribution < 1.29 is 4.74 Å². The fraction of sp³-hybridized carbons (Fsp3) is 0.286. The van der Waals surface area contributed by atoms with Crippen LogP contribution in [0.25, 0.3) is 17.2 Å². The summed E-state index contributed by atoms with van der Waals surface area (Å²) in [5.41, 5.74) is 7.20. The first-order valence-corrected chi connectivity index (χ1v) is 11.8. The highest BCUT2D eigenvalue weighted by molar-refractivity contribution is 6.32. The molecule has 0 N–H and O–H groups in total. The van der Waals surface area contributed by atoms with Crippen LogP contribution in [0, 0.1) is 0 Å². The fourth-order valence-electron chi connectivity index (χ4n) is 4.82. The number of likely N-dealkylation sites (N-methyl/N-ethyl adjacent to an activating group) is 1. The molecular weight excluding hydrogens is 430 g/mol.